The third-order valence-electron chi connectivity index (χ3n) is 2.72. The van der Waals surface area contributed by atoms with Gasteiger partial charge in [-0.2, -0.15) is 0 Å². The van der Waals surface area contributed by atoms with Gasteiger partial charge in [0.1, 0.15) is 0 Å². The summed E-state index contributed by atoms with van der Waals surface area (Å²) in [6.07, 6.45) is 2.98. The van der Waals surface area contributed by atoms with Gasteiger partial charge in [0.25, 0.3) is 0 Å². The second-order valence-electron chi connectivity index (χ2n) is 3.81. The Labute approximate surface area is 90.0 Å². The normalized spacial score (nSPS) is 10.8. The summed E-state index contributed by atoms with van der Waals surface area (Å²) in [5.74, 6) is 0. The van der Waals surface area contributed by atoms with Crippen molar-refractivity contribution < 1.29 is 0 Å². The highest BCUT2D eigenvalue weighted by Gasteiger charge is 2.07. The van der Waals surface area contributed by atoms with E-state index in [9.17, 15) is 0 Å². The number of nitrogens with zero attached hydrogens (tertiary/aromatic N) is 1. The molecule has 0 aliphatic heterocycles. The van der Waals surface area contributed by atoms with E-state index in [1.807, 2.05) is 0 Å². The second-order valence-corrected chi connectivity index (χ2v) is 3.81. The minimum Gasteiger partial charge on any atom is -0.350 e. The van der Waals surface area contributed by atoms with Crippen molar-refractivity contribution in [2.75, 3.05) is 6.54 Å². The lowest BCUT2D eigenvalue weighted by Gasteiger charge is -2.01. The van der Waals surface area contributed by atoms with Gasteiger partial charge in [-0.25, -0.2) is 0 Å². The van der Waals surface area contributed by atoms with E-state index in [1.54, 1.807) is 0 Å². The Morgan fingerprint density at radius 2 is 2.13 bits per heavy atom. The highest BCUT2D eigenvalue weighted by Crippen LogP contribution is 2.26. The first-order valence-corrected chi connectivity index (χ1v) is 5.16. The molecule has 2 nitrogen and oxygen atoms in total. The minimum absolute atomic E-state index is 0.655. The fraction of sp³-hybridized carbons (Fsp3) is 0.231. The van der Waals surface area contributed by atoms with Crippen LogP contribution >= 0.6 is 0 Å². The van der Waals surface area contributed by atoms with Crippen molar-refractivity contribution >= 4 is 16.5 Å². The number of hydrogen-bond acceptors (Lipinski definition) is 1. The Kier molecular flexibility index (Phi) is 2.60. The van der Waals surface area contributed by atoms with Gasteiger partial charge in [-0.1, -0.05) is 24.8 Å². The number of aromatic nitrogens is 1. The molecule has 0 bridgehead atoms. The van der Waals surface area contributed by atoms with E-state index in [0.29, 0.717) is 6.54 Å². The van der Waals surface area contributed by atoms with Crippen LogP contribution in [0.1, 0.15) is 12.0 Å². The largest absolute Gasteiger partial charge is 0.350 e. The quantitative estimate of drug-likeness (QED) is 0.811. The van der Waals surface area contributed by atoms with Crippen molar-refractivity contribution in [1.29, 1.82) is 0 Å². The monoisotopic (exact) mass is 200 g/mol. The standard InChI is InChI=1S/C13H16N2/c1-10(7-8-14)12-9-15(2)13-6-4-3-5-11(12)13/h3-6,9H,1,7-8,14H2,2H3. The molecule has 0 aliphatic rings. The predicted molar refractivity (Wildman–Crippen MR) is 65.6 cm³/mol. The molecule has 1 aromatic heterocycles. The van der Waals surface area contributed by atoms with Crippen LogP contribution in [0.2, 0.25) is 0 Å². The number of aryl methyl sites for hydroxylation is 1. The molecular formula is C13H16N2. The minimum atomic E-state index is 0.655. The number of rotatable bonds is 3. The maximum Gasteiger partial charge on any atom is 0.0484 e. The number of para-hydroxylation sites is 1. The molecule has 78 valence electrons. The van der Waals surface area contributed by atoms with Gasteiger partial charge < -0.3 is 10.3 Å². The summed E-state index contributed by atoms with van der Waals surface area (Å²) in [6.45, 7) is 4.74. The predicted octanol–water partition coefficient (Wildman–Crippen LogP) is 2.54. The first-order valence-electron chi connectivity index (χ1n) is 5.16. The molecule has 0 atom stereocenters. The van der Waals surface area contributed by atoms with E-state index in [-0.39, 0.29) is 0 Å². The van der Waals surface area contributed by atoms with E-state index >= 15 is 0 Å². The van der Waals surface area contributed by atoms with Gasteiger partial charge in [0.15, 0.2) is 0 Å². The van der Waals surface area contributed by atoms with Gasteiger partial charge in [-0.05, 0) is 24.6 Å². The molecule has 0 radical (unpaired) electrons. The number of fused-ring (bicyclic) bond motifs is 1. The van der Waals surface area contributed by atoms with Crippen LogP contribution in [-0.4, -0.2) is 11.1 Å². The fourth-order valence-corrected chi connectivity index (χ4v) is 1.93. The van der Waals surface area contributed by atoms with Crippen LogP contribution in [0.3, 0.4) is 0 Å². The van der Waals surface area contributed by atoms with Crippen molar-refractivity contribution in [3.05, 3.63) is 42.6 Å². The molecule has 2 heteroatoms. The van der Waals surface area contributed by atoms with Gasteiger partial charge >= 0.3 is 0 Å². The Morgan fingerprint density at radius 3 is 2.87 bits per heavy atom. The fourth-order valence-electron chi connectivity index (χ4n) is 1.93. The van der Waals surface area contributed by atoms with Gasteiger partial charge in [0, 0.05) is 29.7 Å². The van der Waals surface area contributed by atoms with E-state index in [4.69, 9.17) is 5.73 Å². The third kappa shape index (κ3) is 1.68. The molecule has 2 rings (SSSR count). The maximum absolute atomic E-state index is 5.55. The molecular weight excluding hydrogens is 184 g/mol. The molecule has 0 amide bonds. The van der Waals surface area contributed by atoms with Crippen LogP contribution in [-0.2, 0) is 7.05 Å². The molecule has 0 fully saturated rings. The summed E-state index contributed by atoms with van der Waals surface area (Å²) in [5.41, 5.74) is 9.13. The first-order chi connectivity index (χ1) is 7.24. The number of benzene rings is 1. The van der Waals surface area contributed by atoms with Crippen LogP contribution in [0.5, 0.6) is 0 Å². The highest BCUT2D eigenvalue weighted by molar-refractivity contribution is 5.92. The third-order valence-corrected chi connectivity index (χ3v) is 2.72. The van der Waals surface area contributed by atoms with E-state index in [0.717, 1.165) is 12.0 Å². The molecule has 0 saturated carbocycles. The zero-order chi connectivity index (χ0) is 10.8. The number of hydrogen-bond donors (Lipinski definition) is 1. The summed E-state index contributed by atoms with van der Waals surface area (Å²) in [7, 11) is 2.06. The molecule has 2 aromatic rings. The Hall–Kier alpha value is -1.54. The lowest BCUT2D eigenvalue weighted by molar-refractivity contribution is 0.963. The topological polar surface area (TPSA) is 30.9 Å². The van der Waals surface area contributed by atoms with E-state index < -0.39 is 0 Å². The first kappa shape index (κ1) is 9.99. The molecule has 15 heavy (non-hydrogen) atoms. The summed E-state index contributed by atoms with van der Waals surface area (Å²) in [4.78, 5) is 0. The summed E-state index contributed by atoms with van der Waals surface area (Å²) in [6, 6.07) is 8.36. The highest BCUT2D eigenvalue weighted by atomic mass is 14.9. The summed E-state index contributed by atoms with van der Waals surface area (Å²) in [5, 5.41) is 1.26. The Bertz CT molecular complexity index is 494. The smallest absolute Gasteiger partial charge is 0.0484 e. The van der Waals surface area contributed by atoms with Crippen LogP contribution in [0.4, 0.5) is 0 Å². The molecule has 2 N–H and O–H groups in total. The lowest BCUT2D eigenvalue weighted by Crippen LogP contribution is -1.98. The Balaban J connectivity index is 2.57. The molecule has 1 aromatic carbocycles. The van der Waals surface area contributed by atoms with Gasteiger partial charge in [-0.15, -0.1) is 0 Å². The van der Waals surface area contributed by atoms with Crippen LogP contribution in [0.15, 0.2) is 37.0 Å². The summed E-state index contributed by atoms with van der Waals surface area (Å²) < 4.78 is 2.13. The van der Waals surface area contributed by atoms with Crippen LogP contribution in [0, 0.1) is 0 Å². The van der Waals surface area contributed by atoms with Crippen molar-refractivity contribution in [3.63, 3.8) is 0 Å². The van der Waals surface area contributed by atoms with Crippen molar-refractivity contribution in [1.82, 2.24) is 4.57 Å². The SMILES string of the molecule is C=C(CCN)c1cn(C)c2ccccc12. The van der Waals surface area contributed by atoms with Crippen LogP contribution < -0.4 is 5.73 Å². The van der Waals surface area contributed by atoms with Crippen molar-refractivity contribution in [3.8, 4) is 0 Å². The molecule has 0 saturated heterocycles. The molecule has 1 heterocycles. The maximum atomic E-state index is 5.55. The zero-order valence-electron chi connectivity index (χ0n) is 9.03. The molecule has 0 aliphatic carbocycles. The average molecular weight is 200 g/mol. The van der Waals surface area contributed by atoms with Gasteiger partial charge in [0.2, 0.25) is 0 Å². The molecule has 0 spiro atoms. The lowest BCUT2D eigenvalue weighted by atomic mass is 10.0. The van der Waals surface area contributed by atoms with Gasteiger partial charge in [-0.3, -0.25) is 0 Å². The summed E-state index contributed by atoms with van der Waals surface area (Å²) >= 11 is 0. The number of nitrogens with two attached hydrogens (primary N) is 1. The van der Waals surface area contributed by atoms with E-state index in [1.165, 1.54) is 16.5 Å². The molecule has 0 unspecified atom stereocenters. The van der Waals surface area contributed by atoms with Crippen molar-refractivity contribution in [2.24, 2.45) is 12.8 Å². The second kappa shape index (κ2) is 3.91. The van der Waals surface area contributed by atoms with Crippen molar-refractivity contribution in [2.45, 2.75) is 6.42 Å². The van der Waals surface area contributed by atoms with Crippen LogP contribution in [0.25, 0.3) is 16.5 Å². The van der Waals surface area contributed by atoms with Gasteiger partial charge in [0.05, 0.1) is 0 Å². The zero-order valence-corrected chi connectivity index (χ0v) is 9.03. The average Bonchev–Trinajstić information content (AvgIpc) is 2.58. The van der Waals surface area contributed by atoms with E-state index in [2.05, 4.69) is 48.7 Å². The Morgan fingerprint density at radius 1 is 1.40 bits per heavy atom.